The molecule has 1 N–H and O–H groups in total. The maximum Gasteiger partial charge on any atom is 0.308 e. The average molecular weight is 477 g/mol. The van der Waals surface area contributed by atoms with Gasteiger partial charge in [0.05, 0.1) is 18.5 Å². The average Bonchev–Trinajstić information content (AvgIpc) is 2.84. The van der Waals surface area contributed by atoms with Crippen LogP contribution in [0.4, 0.5) is 4.39 Å². The van der Waals surface area contributed by atoms with Crippen LogP contribution in [-0.4, -0.2) is 59.2 Å². The number of thioether (sulfide) groups is 1. The van der Waals surface area contributed by atoms with E-state index in [9.17, 15) is 9.90 Å². The molecule has 1 unspecified atom stereocenters. The molecule has 7 heteroatoms. The molecule has 0 spiro atoms. The van der Waals surface area contributed by atoms with Gasteiger partial charge in [0, 0.05) is 18.1 Å². The van der Waals surface area contributed by atoms with Crippen molar-refractivity contribution in [3.8, 4) is 5.75 Å². The molecule has 1 aliphatic rings. The lowest BCUT2D eigenvalue weighted by Gasteiger charge is -2.36. The third kappa shape index (κ3) is 7.31. The van der Waals surface area contributed by atoms with E-state index in [-0.39, 0.29) is 5.92 Å². The smallest absolute Gasteiger partial charge is 0.308 e. The number of likely N-dealkylation sites (tertiary alicyclic amines) is 1. The molecule has 0 aliphatic carbocycles. The van der Waals surface area contributed by atoms with Crippen molar-refractivity contribution in [2.24, 2.45) is 11.8 Å². The number of hydrogen-bond acceptors (Lipinski definition) is 5. The molecule has 1 aromatic heterocycles. The SMILES string of the molecule is CCCCSCCCN1CC[C@@H](CCC(F)c2ccnc3ccc(OC)cc23)[C@@H](C(=O)O)C1. The second-order valence-electron chi connectivity index (χ2n) is 8.94. The van der Waals surface area contributed by atoms with Crippen molar-refractivity contribution in [1.82, 2.24) is 9.88 Å². The van der Waals surface area contributed by atoms with Gasteiger partial charge >= 0.3 is 5.97 Å². The Balaban J connectivity index is 1.54. The molecule has 1 fully saturated rings. The lowest BCUT2D eigenvalue weighted by atomic mass is 9.81. The Morgan fingerprint density at radius 2 is 2.15 bits per heavy atom. The molecule has 0 saturated carbocycles. The number of rotatable bonds is 13. The molecule has 0 bridgehead atoms. The van der Waals surface area contributed by atoms with E-state index >= 15 is 4.39 Å². The van der Waals surface area contributed by atoms with Crippen molar-refractivity contribution in [2.45, 2.75) is 51.6 Å². The number of pyridine rings is 1. The minimum Gasteiger partial charge on any atom is -0.497 e. The summed E-state index contributed by atoms with van der Waals surface area (Å²) < 4.78 is 20.6. The Hall–Kier alpha value is -1.86. The first-order chi connectivity index (χ1) is 16.0. The molecule has 0 radical (unpaired) electrons. The number of benzene rings is 1. The summed E-state index contributed by atoms with van der Waals surface area (Å²) in [6.45, 7) is 4.64. The highest BCUT2D eigenvalue weighted by Crippen LogP contribution is 2.35. The Kier molecular flexibility index (Phi) is 10.3. The van der Waals surface area contributed by atoms with Crippen LogP contribution in [0.2, 0.25) is 0 Å². The highest BCUT2D eigenvalue weighted by molar-refractivity contribution is 7.99. The number of methoxy groups -OCH3 is 1. The first kappa shape index (κ1) is 25.8. The molecule has 2 aromatic rings. The van der Waals surface area contributed by atoms with Gasteiger partial charge in [-0.2, -0.15) is 11.8 Å². The van der Waals surface area contributed by atoms with E-state index in [0.29, 0.717) is 30.7 Å². The van der Waals surface area contributed by atoms with Crippen LogP contribution in [0.5, 0.6) is 5.75 Å². The molecular formula is C26H37FN2O3S. The molecule has 3 rings (SSSR count). The lowest BCUT2D eigenvalue weighted by molar-refractivity contribution is -0.146. The summed E-state index contributed by atoms with van der Waals surface area (Å²) in [5.74, 6) is 1.85. The van der Waals surface area contributed by atoms with Gasteiger partial charge in [0.15, 0.2) is 0 Å². The second kappa shape index (κ2) is 13.1. The molecule has 3 atom stereocenters. The molecule has 1 saturated heterocycles. The fourth-order valence-corrected chi connectivity index (χ4v) is 5.73. The summed E-state index contributed by atoms with van der Waals surface area (Å²) >= 11 is 1.99. The monoisotopic (exact) mass is 476 g/mol. The third-order valence-electron chi connectivity index (χ3n) is 6.67. The summed E-state index contributed by atoms with van der Waals surface area (Å²) in [5.41, 5.74) is 1.34. The number of carboxylic acids is 1. The molecule has 1 aliphatic heterocycles. The Morgan fingerprint density at radius 1 is 1.33 bits per heavy atom. The van der Waals surface area contributed by atoms with Gasteiger partial charge in [-0.15, -0.1) is 0 Å². The lowest BCUT2D eigenvalue weighted by Crippen LogP contribution is -2.44. The van der Waals surface area contributed by atoms with Gasteiger partial charge in [-0.05, 0) is 92.4 Å². The van der Waals surface area contributed by atoms with Crippen molar-refractivity contribution < 1.29 is 19.0 Å². The number of nitrogens with zero attached hydrogens (tertiary/aromatic N) is 2. The number of carboxylic acid groups (broad SMARTS) is 1. The van der Waals surface area contributed by atoms with Gasteiger partial charge in [0.2, 0.25) is 0 Å². The number of alkyl halides is 1. The summed E-state index contributed by atoms with van der Waals surface area (Å²) in [6.07, 6.45) is 5.77. The second-order valence-corrected chi connectivity index (χ2v) is 10.2. The number of ether oxygens (including phenoxy) is 1. The van der Waals surface area contributed by atoms with Crippen LogP contribution in [0.15, 0.2) is 30.5 Å². The van der Waals surface area contributed by atoms with Crippen LogP contribution < -0.4 is 4.74 Å². The number of carbonyl (C=O) groups is 1. The summed E-state index contributed by atoms with van der Waals surface area (Å²) in [4.78, 5) is 18.6. The van der Waals surface area contributed by atoms with Crippen molar-refractivity contribution in [1.29, 1.82) is 0 Å². The van der Waals surface area contributed by atoms with Crippen molar-refractivity contribution >= 4 is 28.6 Å². The number of hydrogen-bond donors (Lipinski definition) is 1. The first-order valence-electron chi connectivity index (χ1n) is 12.1. The zero-order valence-electron chi connectivity index (χ0n) is 19.8. The zero-order chi connectivity index (χ0) is 23.6. The maximum absolute atomic E-state index is 15.3. The summed E-state index contributed by atoms with van der Waals surface area (Å²) in [6, 6.07) is 7.20. The van der Waals surface area contributed by atoms with Gasteiger partial charge in [0.1, 0.15) is 11.9 Å². The molecule has 33 heavy (non-hydrogen) atoms. The van der Waals surface area contributed by atoms with E-state index in [2.05, 4.69) is 16.8 Å². The van der Waals surface area contributed by atoms with E-state index in [1.165, 1.54) is 18.6 Å². The van der Waals surface area contributed by atoms with Gasteiger partial charge < -0.3 is 14.7 Å². The van der Waals surface area contributed by atoms with Crippen molar-refractivity contribution in [3.05, 3.63) is 36.0 Å². The normalized spacial score (nSPS) is 20.1. The number of aliphatic carboxylic acids is 1. The van der Waals surface area contributed by atoms with Crippen molar-refractivity contribution in [2.75, 3.05) is 38.2 Å². The predicted molar refractivity (Wildman–Crippen MR) is 134 cm³/mol. The Labute approximate surface area is 201 Å². The minimum absolute atomic E-state index is 0.0126. The predicted octanol–water partition coefficient (Wildman–Crippen LogP) is 5.98. The minimum atomic E-state index is -1.16. The molecule has 2 heterocycles. The van der Waals surface area contributed by atoms with E-state index in [1.54, 1.807) is 19.4 Å². The largest absolute Gasteiger partial charge is 0.497 e. The topological polar surface area (TPSA) is 62.7 Å². The number of fused-ring (bicyclic) bond motifs is 1. The molecule has 182 valence electrons. The molecule has 1 aromatic carbocycles. The molecular weight excluding hydrogens is 439 g/mol. The van der Waals surface area contributed by atoms with Gasteiger partial charge in [-0.1, -0.05) is 13.3 Å². The van der Waals surface area contributed by atoms with E-state index in [0.717, 1.165) is 42.6 Å². The molecule has 5 nitrogen and oxygen atoms in total. The third-order valence-corrected chi connectivity index (χ3v) is 7.83. The van der Waals surface area contributed by atoms with E-state index in [4.69, 9.17) is 4.74 Å². The number of unbranched alkanes of at least 4 members (excludes halogenated alkanes) is 1. The quantitative estimate of drug-likeness (QED) is 0.359. The van der Waals surface area contributed by atoms with E-state index < -0.39 is 18.1 Å². The molecule has 0 amide bonds. The number of piperidine rings is 1. The van der Waals surface area contributed by atoms with Crippen LogP contribution >= 0.6 is 11.8 Å². The first-order valence-corrected chi connectivity index (χ1v) is 13.3. The number of halogens is 1. The highest BCUT2D eigenvalue weighted by atomic mass is 32.2. The zero-order valence-corrected chi connectivity index (χ0v) is 20.7. The highest BCUT2D eigenvalue weighted by Gasteiger charge is 2.34. The number of aromatic nitrogens is 1. The Bertz CT molecular complexity index is 897. The fraction of sp³-hybridized carbons (Fsp3) is 0.615. The maximum atomic E-state index is 15.3. The van der Waals surface area contributed by atoms with Gasteiger partial charge in [-0.3, -0.25) is 9.78 Å². The van der Waals surface area contributed by atoms with Gasteiger partial charge in [0.25, 0.3) is 0 Å². The van der Waals surface area contributed by atoms with Crippen LogP contribution in [0, 0.1) is 11.8 Å². The van der Waals surface area contributed by atoms with E-state index in [1.807, 2.05) is 30.0 Å². The Morgan fingerprint density at radius 3 is 2.91 bits per heavy atom. The summed E-state index contributed by atoms with van der Waals surface area (Å²) in [7, 11) is 1.59. The fourth-order valence-electron chi connectivity index (χ4n) is 4.70. The van der Waals surface area contributed by atoms with Crippen LogP contribution in [-0.2, 0) is 4.79 Å². The van der Waals surface area contributed by atoms with Gasteiger partial charge in [-0.25, -0.2) is 4.39 Å². The van der Waals surface area contributed by atoms with Crippen LogP contribution in [0.25, 0.3) is 10.9 Å². The standard InChI is InChI=1S/C26H37FN2O3S/c1-3-4-15-33-16-5-13-29-14-11-19(23(18-29)26(30)31)6-8-24(27)21-10-12-28-25-9-7-20(32-2)17-22(21)25/h7,9-10,12,17,19,23-24H,3-6,8,11,13-16,18H2,1-2H3,(H,30,31)/t19-,23+,24?/m1/s1. The van der Waals surface area contributed by atoms with Crippen molar-refractivity contribution in [3.63, 3.8) is 0 Å². The van der Waals surface area contributed by atoms with Crippen LogP contribution in [0.3, 0.4) is 0 Å². The van der Waals surface area contributed by atoms with Crippen LogP contribution in [0.1, 0.15) is 57.2 Å². The summed E-state index contributed by atoms with van der Waals surface area (Å²) in [5, 5.41) is 10.6.